The van der Waals surface area contributed by atoms with Crippen molar-refractivity contribution in [3.05, 3.63) is 217 Å². The van der Waals surface area contributed by atoms with Gasteiger partial charge in [-0.2, -0.15) is 0 Å². The van der Waals surface area contributed by atoms with Gasteiger partial charge in [0.05, 0.1) is 55.0 Å². The first-order valence-corrected chi connectivity index (χ1v) is 51.7. The highest BCUT2D eigenvalue weighted by atomic mass is 35.5. The lowest BCUT2D eigenvalue weighted by Crippen LogP contribution is -2.33. The fraction of sp³-hybridized carbons (Fsp3) is 0.598. The van der Waals surface area contributed by atoms with Crippen molar-refractivity contribution in [2.75, 3.05) is 26.3 Å². The van der Waals surface area contributed by atoms with E-state index in [0.717, 1.165) is 131 Å². The summed E-state index contributed by atoms with van der Waals surface area (Å²) in [4.78, 5) is 41.2. The van der Waals surface area contributed by atoms with Gasteiger partial charge in [-0.15, -0.1) is 0 Å². The summed E-state index contributed by atoms with van der Waals surface area (Å²) in [6.07, 6.45) is 56.0. The Kier molecular flexibility index (Phi) is 59.5. The first-order valence-electron chi connectivity index (χ1n) is 49.8. The zero-order valence-electron chi connectivity index (χ0n) is 81.1. The van der Waals surface area contributed by atoms with Crippen LogP contribution in [0.25, 0.3) is 0 Å². The second-order valence-electron chi connectivity index (χ2n) is 36.7. The Hall–Kier alpha value is -6.40. The van der Waals surface area contributed by atoms with Crippen LogP contribution in [0.1, 0.15) is 467 Å². The molecule has 0 radical (unpaired) electrons. The van der Waals surface area contributed by atoms with E-state index in [2.05, 4.69) is 132 Å². The van der Waals surface area contributed by atoms with E-state index in [9.17, 15) is 34.8 Å². The molecule has 4 N–H and O–H groups in total. The molecule has 0 aromatic heterocycles. The van der Waals surface area contributed by atoms with E-state index in [1.165, 1.54) is 244 Å². The molecule has 0 unspecified atom stereocenters. The maximum atomic E-state index is 13.6. The van der Waals surface area contributed by atoms with Crippen LogP contribution in [0.5, 0.6) is 23.0 Å². The zero-order chi connectivity index (χ0) is 93.3. The molecule has 0 bridgehead atoms. The summed E-state index contributed by atoms with van der Waals surface area (Å²) in [5.41, 5.74) is 15.7. The van der Waals surface area contributed by atoms with Crippen LogP contribution in [0.3, 0.4) is 0 Å². The molecular weight excluding hydrogens is 1680 g/mol. The summed E-state index contributed by atoms with van der Waals surface area (Å²) >= 11 is 30.2. The monoisotopic (exact) mass is 1840 g/mol. The fourth-order valence-corrected chi connectivity index (χ4v) is 17.7. The van der Waals surface area contributed by atoms with Gasteiger partial charge in [0, 0.05) is 13.1 Å². The van der Waals surface area contributed by atoms with Crippen molar-refractivity contribution >= 4 is 75.9 Å². The number of carbonyl (C=O) groups is 3. The number of benzene rings is 7. The molecule has 127 heavy (non-hydrogen) atoms. The van der Waals surface area contributed by atoms with Crippen molar-refractivity contribution in [3.8, 4) is 23.0 Å². The van der Waals surface area contributed by atoms with E-state index in [0.29, 0.717) is 74.7 Å². The summed E-state index contributed by atoms with van der Waals surface area (Å²) < 4.78 is 11.0. The highest BCUT2D eigenvalue weighted by molar-refractivity contribution is 6.37. The summed E-state index contributed by atoms with van der Waals surface area (Å²) in [6.45, 7) is 32.8. The smallest absolute Gasteiger partial charge is 0.338 e. The molecule has 0 fully saturated rings. The number of amides is 1. The number of ether oxygens (including phenoxy) is 2. The number of carbonyl (C=O) groups excluding carboxylic acids is 3. The Bertz CT molecular complexity index is 4070. The van der Waals surface area contributed by atoms with Gasteiger partial charge in [0.1, 0.15) is 11.5 Å². The number of aryl methyl sites for hydroxylation is 4. The van der Waals surface area contributed by atoms with Gasteiger partial charge in [-0.25, -0.2) is 9.59 Å². The molecule has 7 aromatic rings. The van der Waals surface area contributed by atoms with Gasteiger partial charge in [-0.1, -0.05) is 414 Å². The number of aromatic hydroxyl groups is 4. The number of hydrogen-bond donors (Lipinski definition) is 4. The number of halogens is 5. The quantitative estimate of drug-likeness (QED) is 0.0215. The maximum absolute atomic E-state index is 13.6. The molecule has 0 saturated carbocycles. The number of hydrogen-bond acceptors (Lipinski definition) is 9. The van der Waals surface area contributed by atoms with Crippen molar-refractivity contribution < 1.29 is 44.3 Å². The molecule has 0 spiro atoms. The predicted octanol–water partition coefficient (Wildman–Crippen LogP) is 35.5. The minimum absolute atomic E-state index is 0.0427. The molecule has 15 heteroatoms. The molecule has 0 aliphatic heterocycles. The van der Waals surface area contributed by atoms with Crippen LogP contribution >= 0.6 is 58.0 Å². The van der Waals surface area contributed by atoms with Crippen LogP contribution in [0.4, 0.5) is 0 Å². The molecular formula is C112H166Cl5NO9. The van der Waals surface area contributed by atoms with E-state index in [4.69, 9.17) is 67.5 Å². The third-order valence-corrected chi connectivity index (χ3v) is 25.6. The molecule has 10 nitrogen and oxygen atoms in total. The summed E-state index contributed by atoms with van der Waals surface area (Å²) in [5, 5.41) is 41.5. The van der Waals surface area contributed by atoms with Gasteiger partial charge in [0.15, 0.2) is 11.5 Å². The molecule has 1 amide bonds. The average molecular weight is 1850 g/mol. The lowest BCUT2D eigenvalue weighted by molar-refractivity contribution is 0.0495. The third-order valence-electron chi connectivity index (χ3n) is 24.2. The summed E-state index contributed by atoms with van der Waals surface area (Å²) in [6, 6.07) is 33.3. The molecule has 0 aliphatic rings. The number of nitrogens with zero attached hydrogens (tertiary/aromatic N) is 1. The van der Waals surface area contributed by atoms with Crippen LogP contribution in [0.2, 0.25) is 25.1 Å². The first kappa shape index (κ1) is 113. The van der Waals surface area contributed by atoms with Crippen LogP contribution in [-0.2, 0) is 41.6 Å². The molecule has 0 saturated heterocycles. The van der Waals surface area contributed by atoms with Crippen molar-refractivity contribution in [1.82, 2.24) is 4.90 Å². The second-order valence-corrected chi connectivity index (χ2v) is 38.8. The van der Waals surface area contributed by atoms with E-state index in [1.807, 2.05) is 30.9 Å². The number of unbranched alkanes of at least 4 members (excludes halogenated alkanes) is 35. The van der Waals surface area contributed by atoms with Crippen molar-refractivity contribution in [2.45, 2.75) is 410 Å². The third kappa shape index (κ3) is 45.5. The van der Waals surface area contributed by atoms with E-state index in [1.54, 1.807) is 36.4 Å². The van der Waals surface area contributed by atoms with Gasteiger partial charge in [-0.05, 0) is 229 Å². The predicted molar refractivity (Wildman–Crippen MR) is 544 cm³/mol. The van der Waals surface area contributed by atoms with Gasteiger partial charge < -0.3 is 34.8 Å². The van der Waals surface area contributed by atoms with Crippen LogP contribution in [0, 0.1) is 13.8 Å². The first-order chi connectivity index (χ1) is 61.1. The Morgan fingerprint density at radius 3 is 0.969 bits per heavy atom. The minimum Gasteiger partial charge on any atom is -0.507 e. The Labute approximate surface area is 796 Å². The van der Waals surface area contributed by atoms with Gasteiger partial charge >= 0.3 is 11.9 Å². The summed E-state index contributed by atoms with van der Waals surface area (Å²) in [5.74, 6) is 0.473. The van der Waals surface area contributed by atoms with Crippen LogP contribution < -0.4 is 0 Å². The van der Waals surface area contributed by atoms with E-state index < -0.39 is 11.9 Å². The molecule has 0 atom stereocenters. The molecule has 7 rings (SSSR count). The van der Waals surface area contributed by atoms with E-state index in [-0.39, 0.29) is 39.0 Å². The molecule has 0 aliphatic carbocycles. The Morgan fingerprint density at radius 2 is 0.606 bits per heavy atom. The average Bonchev–Trinajstić information content (AvgIpc) is 0.783. The van der Waals surface area contributed by atoms with Crippen molar-refractivity contribution in [1.29, 1.82) is 0 Å². The standard InChI is InChI=1S/C32H49NO2.C31H42Cl2O5.C25H34Cl2O.C24H41ClO/c1-10-12-14-33(15-13-11-2)32(35)30-18-25(16-24(9)31(30)34)17-29-27(22(5)6)19-26(21(3)4)20-28(29)23(7)8;1-3-5-7-9-11-13-15-37-30(35)25-18-23(17-24-20-27(32)29(34)28(33)21-24)19-26(22-25)31(36)38-16-14-12-10-8-6-4-2;1-2-3-4-5-6-7-8-9-10-11-12-20-13-15-21(16-14-20)17-22-18-23(26)25(28)24(27)19-22;1-3-4-5-6-7-8-9-10-11-12-13-14-15-16-17-18-22-19-21(2)24(26)23(25)20-22/h16,18-23,34H,10-15,17H2,1-9H3;18-22,34H,3-17H2,1-2H3;13-16,18-19,28H,2-12,17H2,1H3;19-20,26H,3-18H2,1-2H3. The zero-order valence-corrected chi connectivity index (χ0v) is 84.8. The molecule has 708 valence electrons. The SMILES string of the molecule is CCCCCCCCCCCCCCCCCc1cc(C)c(O)c(Cl)c1.CCCCCCCCCCCCc1ccc(Cc2cc(Cl)c(O)c(Cl)c2)cc1.CCCCCCCCOC(=O)c1cc(Cc2cc(Cl)c(O)c(Cl)c2)cc(C(=O)OCCCCCCCC)c1.CCCCN(CCCC)C(=O)c1cc(Cc2c(C(C)C)cc(C(C)C)cc2C(C)C)cc(C)c1O. The van der Waals surface area contributed by atoms with Gasteiger partial charge in [0.25, 0.3) is 5.91 Å². The molecule has 0 heterocycles. The second kappa shape index (κ2) is 66.9. The topological polar surface area (TPSA) is 154 Å². The number of esters is 2. The summed E-state index contributed by atoms with van der Waals surface area (Å²) in [7, 11) is 0. The largest absolute Gasteiger partial charge is 0.507 e. The highest BCUT2D eigenvalue weighted by Gasteiger charge is 2.25. The van der Waals surface area contributed by atoms with Crippen LogP contribution in [0.15, 0.2) is 103 Å². The van der Waals surface area contributed by atoms with Gasteiger partial charge in [0.2, 0.25) is 0 Å². The highest BCUT2D eigenvalue weighted by Crippen LogP contribution is 2.39. The lowest BCUT2D eigenvalue weighted by atomic mass is 9.82. The van der Waals surface area contributed by atoms with Crippen LogP contribution in [-0.4, -0.2) is 69.5 Å². The molecule has 7 aromatic carbocycles. The minimum atomic E-state index is -0.466. The van der Waals surface area contributed by atoms with Crippen molar-refractivity contribution in [3.63, 3.8) is 0 Å². The Balaban J connectivity index is 0.000000359. The Morgan fingerprint density at radius 1 is 0.307 bits per heavy atom. The number of phenolic OH excluding ortho intramolecular Hbond substituents is 4. The lowest BCUT2D eigenvalue weighted by Gasteiger charge is -2.25. The van der Waals surface area contributed by atoms with Gasteiger partial charge in [-0.3, -0.25) is 4.79 Å². The number of rotatable bonds is 59. The van der Waals surface area contributed by atoms with Crippen molar-refractivity contribution in [2.24, 2.45) is 0 Å². The maximum Gasteiger partial charge on any atom is 0.338 e. The fourth-order valence-electron chi connectivity index (χ4n) is 16.3. The normalized spacial score (nSPS) is 11.2. The number of phenols is 4. The van der Waals surface area contributed by atoms with E-state index >= 15 is 0 Å².